The minimum absolute atomic E-state index is 0.102. The molecular formula is C28H25FN6O2. The number of aromatic amines is 1. The van der Waals surface area contributed by atoms with Crippen LogP contribution in [0.2, 0.25) is 0 Å². The summed E-state index contributed by atoms with van der Waals surface area (Å²) in [4.78, 5) is 34.5. The van der Waals surface area contributed by atoms with Crippen molar-refractivity contribution in [2.24, 2.45) is 0 Å². The molecule has 5 aromatic rings. The Morgan fingerprint density at radius 1 is 0.973 bits per heavy atom. The highest BCUT2D eigenvalue weighted by Crippen LogP contribution is 2.26. The topological polar surface area (TPSA) is 86.6 Å². The van der Waals surface area contributed by atoms with Crippen molar-refractivity contribution in [3.8, 4) is 11.3 Å². The van der Waals surface area contributed by atoms with Crippen LogP contribution in [0.3, 0.4) is 0 Å². The molecule has 6 rings (SSSR count). The first-order chi connectivity index (χ1) is 17.9. The number of amides is 1. The van der Waals surface area contributed by atoms with Crippen LogP contribution in [0.15, 0.2) is 65.5 Å². The van der Waals surface area contributed by atoms with E-state index in [1.54, 1.807) is 36.4 Å². The van der Waals surface area contributed by atoms with Crippen LogP contribution in [0.5, 0.6) is 0 Å². The van der Waals surface area contributed by atoms with Crippen LogP contribution in [0.25, 0.3) is 27.8 Å². The number of hydrogen-bond acceptors (Lipinski definition) is 5. The van der Waals surface area contributed by atoms with E-state index in [1.165, 1.54) is 27.4 Å². The van der Waals surface area contributed by atoms with Crippen molar-refractivity contribution in [2.45, 2.75) is 13.8 Å². The normalized spacial score (nSPS) is 14.0. The molecule has 0 atom stereocenters. The standard InChI is InChI=1S/C28H25FN6O2/c1-17-7-8-18(2)23(15-17)33-11-13-34(14-12-33)28(37)19-9-10-21-24(16-19)35-26(30-27(21)36)25(31-32-35)20-5-3-4-6-22(20)29/h3-10,15-16,32H,11-14H2,1-2H3. The molecular weight excluding hydrogens is 471 g/mol. The molecule has 0 saturated carbocycles. The van der Waals surface area contributed by atoms with Crippen LogP contribution in [0, 0.1) is 19.7 Å². The van der Waals surface area contributed by atoms with Crippen molar-refractivity contribution in [1.29, 1.82) is 0 Å². The Bertz CT molecular complexity index is 1730. The van der Waals surface area contributed by atoms with E-state index in [1.807, 2.05) is 4.90 Å². The number of carbonyl (C=O) groups excluding carboxylic acids is 1. The number of nitrogens with zero attached hydrogens (tertiary/aromatic N) is 5. The molecule has 8 nitrogen and oxygen atoms in total. The molecule has 1 saturated heterocycles. The number of anilines is 1. The van der Waals surface area contributed by atoms with E-state index in [9.17, 15) is 14.0 Å². The highest BCUT2D eigenvalue weighted by molar-refractivity contribution is 5.98. The van der Waals surface area contributed by atoms with Gasteiger partial charge in [-0.3, -0.25) is 9.59 Å². The first kappa shape index (κ1) is 22.9. The summed E-state index contributed by atoms with van der Waals surface area (Å²) in [5, 5.41) is 7.40. The molecule has 0 aliphatic carbocycles. The SMILES string of the molecule is Cc1ccc(C)c(N2CCN(C(=O)c3ccc4c(=O)nc5c(-c6ccccc6F)n[nH]n5c4c3)CC2)c1. The number of aryl methyl sites for hydroxylation is 2. The summed E-state index contributed by atoms with van der Waals surface area (Å²) in [6.07, 6.45) is 0. The maximum absolute atomic E-state index is 14.4. The van der Waals surface area contributed by atoms with E-state index in [2.05, 4.69) is 52.2 Å². The lowest BCUT2D eigenvalue weighted by Crippen LogP contribution is -2.49. The minimum atomic E-state index is -0.463. The zero-order valence-corrected chi connectivity index (χ0v) is 20.5. The minimum Gasteiger partial charge on any atom is -0.368 e. The van der Waals surface area contributed by atoms with Crippen LogP contribution in [-0.4, -0.2) is 56.8 Å². The molecule has 3 heterocycles. The Kier molecular flexibility index (Phi) is 5.48. The van der Waals surface area contributed by atoms with E-state index in [0.29, 0.717) is 29.6 Å². The maximum Gasteiger partial charge on any atom is 0.281 e. The van der Waals surface area contributed by atoms with E-state index in [0.717, 1.165) is 13.1 Å². The predicted octanol–water partition coefficient (Wildman–Crippen LogP) is 3.96. The molecule has 0 spiro atoms. The second-order valence-corrected chi connectivity index (χ2v) is 9.42. The molecule has 1 fully saturated rings. The maximum atomic E-state index is 14.4. The average Bonchev–Trinajstić information content (AvgIpc) is 3.33. The summed E-state index contributed by atoms with van der Waals surface area (Å²) in [5.74, 6) is -0.566. The van der Waals surface area contributed by atoms with Gasteiger partial charge in [-0.2, -0.15) is 10.1 Å². The fraction of sp³-hybridized carbons (Fsp3) is 0.214. The first-order valence-corrected chi connectivity index (χ1v) is 12.2. The predicted molar refractivity (Wildman–Crippen MR) is 141 cm³/mol. The van der Waals surface area contributed by atoms with Crippen molar-refractivity contribution in [1.82, 2.24) is 24.7 Å². The lowest BCUT2D eigenvalue weighted by molar-refractivity contribution is 0.0747. The van der Waals surface area contributed by atoms with Crippen LogP contribution >= 0.6 is 0 Å². The van der Waals surface area contributed by atoms with E-state index >= 15 is 0 Å². The van der Waals surface area contributed by atoms with Crippen molar-refractivity contribution in [3.63, 3.8) is 0 Å². The molecule has 0 unspecified atom stereocenters. The summed E-state index contributed by atoms with van der Waals surface area (Å²) in [5.41, 5.74) is 4.78. The third-order valence-electron chi connectivity index (χ3n) is 7.01. The number of aromatic nitrogens is 4. The lowest BCUT2D eigenvalue weighted by atomic mass is 10.1. The number of halogens is 1. The zero-order chi connectivity index (χ0) is 25.7. The average molecular weight is 497 g/mol. The molecule has 1 aliphatic rings. The summed E-state index contributed by atoms with van der Waals surface area (Å²) in [6.45, 7) is 6.85. The number of H-pyrrole nitrogens is 1. The van der Waals surface area contributed by atoms with Gasteiger partial charge in [-0.1, -0.05) is 24.3 Å². The van der Waals surface area contributed by atoms with Crippen LogP contribution in [0.4, 0.5) is 10.1 Å². The smallest absolute Gasteiger partial charge is 0.281 e. The third kappa shape index (κ3) is 3.92. The van der Waals surface area contributed by atoms with Gasteiger partial charge in [0.05, 0.1) is 10.9 Å². The number of hydrogen-bond donors (Lipinski definition) is 1. The largest absolute Gasteiger partial charge is 0.368 e. The fourth-order valence-electron chi connectivity index (χ4n) is 4.99. The third-order valence-corrected chi connectivity index (χ3v) is 7.01. The Hall–Kier alpha value is -4.53. The Balaban J connectivity index is 1.32. The monoisotopic (exact) mass is 496 g/mol. The van der Waals surface area contributed by atoms with Gasteiger partial charge in [0, 0.05) is 43.0 Å². The number of piperazine rings is 1. The zero-order valence-electron chi connectivity index (χ0n) is 20.5. The quantitative estimate of drug-likeness (QED) is 0.409. The first-order valence-electron chi connectivity index (χ1n) is 12.2. The van der Waals surface area contributed by atoms with Crippen molar-refractivity contribution in [3.05, 3.63) is 93.5 Å². The molecule has 0 radical (unpaired) electrons. The summed E-state index contributed by atoms with van der Waals surface area (Å²) < 4.78 is 15.9. The molecule has 37 heavy (non-hydrogen) atoms. The van der Waals surface area contributed by atoms with Crippen molar-refractivity contribution >= 4 is 28.1 Å². The van der Waals surface area contributed by atoms with Gasteiger partial charge >= 0.3 is 0 Å². The highest BCUT2D eigenvalue weighted by atomic mass is 19.1. The van der Waals surface area contributed by atoms with Gasteiger partial charge in [-0.25, -0.2) is 14.1 Å². The molecule has 3 aromatic carbocycles. The van der Waals surface area contributed by atoms with Gasteiger partial charge < -0.3 is 9.80 Å². The summed E-state index contributed by atoms with van der Waals surface area (Å²) in [7, 11) is 0. The van der Waals surface area contributed by atoms with E-state index < -0.39 is 11.4 Å². The lowest BCUT2D eigenvalue weighted by Gasteiger charge is -2.37. The second kappa shape index (κ2) is 8.85. The molecule has 1 N–H and O–H groups in total. The van der Waals surface area contributed by atoms with Gasteiger partial charge in [-0.05, 0) is 61.4 Å². The van der Waals surface area contributed by atoms with Gasteiger partial charge in [0.25, 0.3) is 11.5 Å². The number of benzene rings is 3. The van der Waals surface area contributed by atoms with E-state index in [-0.39, 0.29) is 22.8 Å². The van der Waals surface area contributed by atoms with Crippen LogP contribution in [-0.2, 0) is 0 Å². The molecule has 9 heteroatoms. The highest BCUT2D eigenvalue weighted by Gasteiger charge is 2.24. The summed E-state index contributed by atoms with van der Waals surface area (Å²) in [6, 6.07) is 17.6. The Morgan fingerprint density at radius 3 is 2.54 bits per heavy atom. The van der Waals surface area contributed by atoms with Gasteiger partial charge in [0.1, 0.15) is 11.5 Å². The second-order valence-electron chi connectivity index (χ2n) is 9.42. The molecule has 2 aromatic heterocycles. The number of nitrogens with one attached hydrogen (secondary N) is 1. The van der Waals surface area contributed by atoms with Gasteiger partial charge in [0.15, 0.2) is 5.65 Å². The van der Waals surface area contributed by atoms with Gasteiger partial charge in [0.2, 0.25) is 0 Å². The Labute approximate surface area is 211 Å². The molecule has 1 aliphatic heterocycles. The number of carbonyl (C=O) groups is 1. The van der Waals surface area contributed by atoms with Crippen molar-refractivity contribution in [2.75, 3.05) is 31.1 Å². The number of rotatable bonds is 3. The van der Waals surface area contributed by atoms with Crippen LogP contribution < -0.4 is 10.5 Å². The molecule has 186 valence electrons. The number of fused-ring (bicyclic) bond motifs is 3. The van der Waals surface area contributed by atoms with E-state index in [4.69, 9.17) is 0 Å². The van der Waals surface area contributed by atoms with Crippen molar-refractivity contribution < 1.29 is 9.18 Å². The van der Waals surface area contributed by atoms with Gasteiger partial charge in [-0.15, -0.1) is 0 Å². The van der Waals surface area contributed by atoms with Crippen LogP contribution in [0.1, 0.15) is 21.5 Å². The molecule has 0 bridgehead atoms. The Morgan fingerprint density at radius 2 is 1.76 bits per heavy atom. The molecule has 1 amide bonds. The summed E-state index contributed by atoms with van der Waals surface area (Å²) >= 11 is 0. The fourth-order valence-corrected chi connectivity index (χ4v) is 4.99.